The van der Waals surface area contributed by atoms with E-state index in [9.17, 15) is 14.9 Å². The summed E-state index contributed by atoms with van der Waals surface area (Å²) in [5.74, 6) is -0.519. The normalized spacial score (nSPS) is 10.5. The van der Waals surface area contributed by atoms with Crippen LogP contribution in [0.4, 0.5) is 5.69 Å². The number of ether oxygens (including phenoxy) is 1. The topological polar surface area (TPSA) is 82.3 Å². The number of esters is 1. The molecular formula is C18H14N2O4. The quantitative estimate of drug-likeness (QED) is 0.412. The maximum atomic E-state index is 12.1. The molecule has 0 aliphatic rings. The molecule has 2 aromatic carbocycles. The van der Waals surface area contributed by atoms with Gasteiger partial charge in [-0.05, 0) is 30.2 Å². The van der Waals surface area contributed by atoms with Gasteiger partial charge >= 0.3 is 5.97 Å². The van der Waals surface area contributed by atoms with E-state index < -0.39 is 10.9 Å². The van der Waals surface area contributed by atoms with Gasteiger partial charge in [0.15, 0.2) is 0 Å². The first-order chi connectivity index (χ1) is 11.6. The maximum Gasteiger partial charge on any atom is 0.356 e. The Kier molecular flexibility index (Phi) is 4.20. The average Bonchev–Trinajstić information content (AvgIpc) is 2.61. The monoisotopic (exact) mass is 322 g/mol. The van der Waals surface area contributed by atoms with Crippen LogP contribution < -0.4 is 0 Å². The van der Waals surface area contributed by atoms with Crippen molar-refractivity contribution in [3.8, 4) is 11.1 Å². The molecule has 1 heterocycles. The third kappa shape index (κ3) is 2.94. The van der Waals surface area contributed by atoms with Gasteiger partial charge in [0.2, 0.25) is 0 Å². The molecule has 6 nitrogen and oxygen atoms in total. The maximum absolute atomic E-state index is 12.1. The Bertz CT molecular complexity index is 923. The van der Waals surface area contributed by atoms with Crippen LogP contribution in [0.2, 0.25) is 0 Å². The zero-order valence-electron chi connectivity index (χ0n) is 12.9. The number of nitro groups is 1. The van der Waals surface area contributed by atoms with Crippen LogP contribution in [0.15, 0.2) is 54.6 Å². The van der Waals surface area contributed by atoms with Crippen molar-refractivity contribution in [3.63, 3.8) is 0 Å². The Morgan fingerprint density at radius 2 is 1.92 bits per heavy atom. The first-order valence-electron chi connectivity index (χ1n) is 7.42. The van der Waals surface area contributed by atoms with E-state index in [-0.39, 0.29) is 18.0 Å². The van der Waals surface area contributed by atoms with Gasteiger partial charge in [0.05, 0.1) is 17.0 Å². The van der Waals surface area contributed by atoms with Crippen LogP contribution in [-0.2, 0) is 4.74 Å². The minimum atomic E-state index is -0.519. The molecule has 3 rings (SSSR count). The van der Waals surface area contributed by atoms with Gasteiger partial charge in [-0.1, -0.05) is 30.3 Å². The van der Waals surface area contributed by atoms with Gasteiger partial charge in [0.1, 0.15) is 5.69 Å². The number of benzene rings is 2. The van der Waals surface area contributed by atoms with Gasteiger partial charge < -0.3 is 4.74 Å². The number of pyridine rings is 1. The van der Waals surface area contributed by atoms with Crippen molar-refractivity contribution in [1.82, 2.24) is 4.98 Å². The van der Waals surface area contributed by atoms with Crippen molar-refractivity contribution in [2.45, 2.75) is 6.92 Å². The number of hydrogen-bond acceptors (Lipinski definition) is 5. The van der Waals surface area contributed by atoms with Gasteiger partial charge in [0, 0.05) is 17.5 Å². The largest absolute Gasteiger partial charge is 0.461 e. The highest BCUT2D eigenvalue weighted by Crippen LogP contribution is 2.31. The fourth-order valence-electron chi connectivity index (χ4n) is 2.49. The summed E-state index contributed by atoms with van der Waals surface area (Å²) in [6.45, 7) is 1.97. The predicted octanol–water partition coefficient (Wildman–Crippen LogP) is 3.99. The van der Waals surface area contributed by atoms with Crippen LogP contribution >= 0.6 is 0 Å². The molecule has 0 atom stereocenters. The number of carbonyl (C=O) groups is 1. The molecule has 0 aliphatic heterocycles. The summed E-state index contributed by atoms with van der Waals surface area (Å²) in [5, 5.41) is 11.7. The third-order valence-corrected chi connectivity index (χ3v) is 3.57. The summed E-state index contributed by atoms with van der Waals surface area (Å²) >= 11 is 0. The van der Waals surface area contributed by atoms with Gasteiger partial charge in [-0.3, -0.25) is 10.1 Å². The van der Waals surface area contributed by atoms with E-state index in [1.54, 1.807) is 19.1 Å². The Hall–Kier alpha value is -3.28. The molecular weight excluding hydrogens is 308 g/mol. The summed E-state index contributed by atoms with van der Waals surface area (Å²) in [6.07, 6.45) is 0. The molecule has 0 amide bonds. The first-order valence-corrected chi connectivity index (χ1v) is 7.42. The molecule has 3 aromatic rings. The minimum absolute atomic E-state index is 0.0228. The number of nitrogens with zero attached hydrogens (tertiary/aromatic N) is 2. The van der Waals surface area contributed by atoms with Crippen LogP contribution in [0, 0.1) is 10.1 Å². The van der Waals surface area contributed by atoms with Gasteiger partial charge in [-0.25, -0.2) is 9.78 Å². The van der Waals surface area contributed by atoms with Crippen molar-refractivity contribution < 1.29 is 14.5 Å². The zero-order valence-corrected chi connectivity index (χ0v) is 12.9. The number of fused-ring (bicyclic) bond motifs is 1. The van der Waals surface area contributed by atoms with E-state index in [0.29, 0.717) is 16.5 Å². The Morgan fingerprint density at radius 1 is 1.17 bits per heavy atom. The molecule has 6 heteroatoms. The number of hydrogen-bond donors (Lipinski definition) is 0. The Morgan fingerprint density at radius 3 is 2.58 bits per heavy atom. The van der Waals surface area contributed by atoms with E-state index in [1.165, 1.54) is 12.1 Å². The molecule has 0 N–H and O–H groups in total. The number of nitro benzene ring substituents is 1. The molecule has 0 aliphatic carbocycles. The van der Waals surface area contributed by atoms with Gasteiger partial charge in [-0.15, -0.1) is 0 Å². The highest BCUT2D eigenvalue weighted by Gasteiger charge is 2.16. The number of aromatic nitrogens is 1. The molecule has 0 bridgehead atoms. The Balaban J connectivity index is 2.28. The summed E-state index contributed by atoms with van der Waals surface area (Å²) < 4.78 is 5.02. The van der Waals surface area contributed by atoms with Crippen molar-refractivity contribution in [2.24, 2.45) is 0 Å². The van der Waals surface area contributed by atoms with Crippen LogP contribution in [0.5, 0.6) is 0 Å². The lowest BCUT2D eigenvalue weighted by Gasteiger charge is -2.09. The molecule has 0 radical (unpaired) electrons. The summed E-state index contributed by atoms with van der Waals surface area (Å²) in [7, 11) is 0. The SMILES string of the molecule is CCOC(=O)c1cc(-c2ccccc2)c2cc([N+](=O)[O-])ccc2n1. The summed E-state index contributed by atoms with van der Waals surface area (Å²) in [5.41, 5.74) is 2.20. The molecule has 0 fully saturated rings. The van der Waals surface area contributed by atoms with Crippen molar-refractivity contribution in [3.05, 3.63) is 70.4 Å². The Labute approximate surface area is 137 Å². The lowest BCUT2D eigenvalue weighted by Crippen LogP contribution is -2.07. The zero-order chi connectivity index (χ0) is 17.1. The average molecular weight is 322 g/mol. The molecule has 1 aromatic heterocycles. The van der Waals surface area contributed by atoms with Crippen LogP contribution in [0.3, 0.4) is 0 Å². The van der Waals surface area contributed by atoms with Crippen LogP contribution in [0.25, 0.3) is 22.0 Å². The van der Waals surface area contributed by atoms with Crippen molar-refractivity contribution in [1.29, 1.82) is 0 Å². The standard InChI is InChI=1S/C18H14N2O4/c1-2-24-18(21)17-11-14(12-6-4-3-5-7-12)15-10-13(20(22)23)8-9-16(15)19-17/h3-11H,2H2,1H3. The third-order valence-electron chi connectivity index (χ3n) is 3.57. The highest BCUT2D eigenvalue weighted by molar-refractivity contribution is 6.00. The summed E-state index contributed by atoms with van der Waals surface area (Å²) in [6, 6.07) is 15.4. The van der Waals surface area contributed by atoms with E-state index in [2.05, 4.69) is 4.98 Å². The van der Waals surface area contributed by atoms with E-state index >= 15 is 0 Å². The number of non-ortho nitro benzene ring substituents is 1. The molecule has 0 saturated heterocycles. The fourth-order valence-corrected chi connectivity index (χ4v) is 2.49. The van der Waals surface area contributed by atoms with Crippen molar-refractivity contribution in [2.75, 3.05) is 6.61 Å². The van der Waals surface area contributed by atoms with Crippen molar-refractivity contribution >= 4 is 22.6 Å². The molecule has 0 spiro atoms. The first kappa shape index (κ1) is 15.6. The summed E-state index contributed by atoms with van der Waals surface area (Å²) in [4.78, 5) is 27.0. The second-order valence-corrected chi connectivity index (χ2v) is 5.10. The van der Waals surface area contributed by atoms with Gasteiger partial charge in [-0.2, -0.15) is 0 Å². The number of carbonyl (C=O) groups excluding carboxylic acids is 1. The molecule has 24 heavy (non-hydrogen) atoms. The van der Waals surface area contributed by atoms with E-state index in [1.807, 2.05) is 30.3 Å². The van der Waals surface area contributed by atoms with Crippen LogP contribution in [0.1, 0.15) is 17.4 Å². The highest BCUT2D eigenvalue weighted by atomic mass is 16.6. The number of rotatable bonds is 4. The van der Waals surface area contributed by atoms with E-state index in [4.69, 9.17) is 4.74 Å². The molecule has 0 saturated carbocycles. The molecule has 120 valence electrons. The predicted molar refractivity (Wildman–Crippen MR) is 89.8 cm³/mol. The lowest BCUT2D eigenvalue weighted by atomic mass is 9.99. The van der Waals surface area contributed by atoms with Gasteiger partial charge in [0.25, 0.3) is 5.69 Å². The lowest BCUT2D eigenvalue weighted by molar-refractivity contribution is -0.384. The minimum Gasteiger partial charge on any atom is -0.461 e. The molecule has 0 unspecified atom stereocenters. The second-order valence-electron chi connectivity index (χ2n) is 5.10. The fraction of sp³-hybridized carbons (Fsp3) is 0.111. The van der Waals surface area contributed by atoms with Crippen LogP contribution in [-0.4, -0.2) is 22.5 Å². The smallest absolute Gasteiger partial charge is 0.356 e. The second kappa shape index (κ2) is 6.45. The van der Waals surface area contributed by atoms with E-state index in [0.717, 1.165) is 5.56 Å².